The van der Waals surface area contributed by atoms with Crippen LogP contribution < -0.4 is 14.8 Å². The highest BCUT2D eigenvalue weighted by molar-refractivity contribution is 7.09. The summed E-state index contributed by atoms with van der Waals surface area (Å²) in [4.78, 5) is 17.1. The summed E-state index contributed by atoms with van der Waals surface area (Å²) in [7, 11) is 3.20. The lowest BCUT2D eigenvalue weighted by Crippen LogP contribution is -2.27. The van der Waals surface area contributed by atoms with E-state index >= 15 is 0 Å². The molecule has 1 N–H and O–H groups in total. The molecule has 7 heteroatoms. The largest absolute Gasteiger partial charge is 0.493 e. The van der Waals surface area contributed by atoms with Gasteiger partial charge in [-0.2, -0.15) is 0 Å². The summed E-state index contributed by atoms with van der Waals surface area (Å²) in [6.45, 7) is 6.73. The average molecular weight is 400 g/mol. The molecule has 3 rings (SSSR count). The smallest absolute Gasteiger partial charge is 0.240 e. The van der Waals surface area contributed by atoms with Crippen molar-refractivity contribution in [2.45, 2.75) is 33.9 Å². The van der Waals surface area contributed by atoms with Crippen LogP contribution in [0.3, 0.4) is 0 Å². The van der Waals surface area contributed by atoms with Crippen molar-refractivity contribution in [1.82, 2.24) is 14.9 Å². The summed E-state index contributed by atoms with van der Waals surface area (Å²) in [6, 6.07) is 7.71. The third-order valence-electron chi connectivity index (χ3n) is 4.71. The number of rotatable bonds is 7. The highest BCUT2D eigenvalue weighted by Crippen LogP contribution is 2.28. The molecule has 1 aromatic carbocycles. The molecular weight excluding hydrogens is 374 g/mol. The summed E-state index contributed by atoms with van der Waals surface area (Å²) in [6.07, 6.45) is 0. The van der Waals surface area contributed by atoms with Crippen molar-refractivity contribution in [2.24, 2.45) is 0 Å². The van der Waals surface area contributed by atoms with Gasteiger partial charge in [0.1, 0.15) is 6.54 Å². The van der Waals surface area contributed by atoms with E-state index in [1.807, 2.05) is 43.5 Å². The third-order valence-corrected chi connectivity index (χ3v) is 5.48. The Morgan fingerprint density at radius 1 is 1.14 bits per heavy atom. The van der Waals surface area contributed by atoms with Crippen molar-refractivity contribution in [3.05, 3.63) is 51.6 Å². The number of hydrogen-bond donors (Lipinski definition) is 1. The van der Waals surface area contributed by atoms with Gasteiger partial charge < -0.3 is 19.4 Å². The Balaban J connectivity index is 1.68. The van der Waals surface area contributed by atoms with E-state index in [0.717, 1.165) is 33.2 Å². The van der Waals surface area contributed by atoms with Crippen LogP contribution in [-0.2, 0) is 17.9 Å². The summed E-state index contributed by atoms with van der Waals surface area (Å²) < 4.78 is 12.6. The maximum atomic E-state index is 12.5. The number of hydrogen-bond acceptors (Lipinski definition) is 5. The Labute approximate surface area is 169 Å². The number of methoxy groups -OCH3 is 2. The van der Waals surface area contributed by atoms with Crippen LogP contribution >= 0.6 is 11.3 Å². The fourth-order valence-corrected chi connectivity index (χ4v) is 3.79. The summed E-state index contributed by atoms with van der Waals surface area (Å²) in [5.41, 5.74) is 5.08. The van der Waals surface area contributed by atoms with Crippen molar-refractivity contribution in [3.63, 3.8) is 0 Å². The van der Waals surface area contributed by atoms with E-state index in [-0.39, 0.29) is 12.5 Å². The van der Waals surface area contributed by atoms with E-state index in [0.29, 0.717) is 18.0 Å². The predicted octanol–water partition coefficient (Wildman–Crippen LogP) is 3.87. The second-order valence-corrected chi connectivity index (χ2v) is 7.65. The summed E-state index contributed by atoms with van der Waals surface area (Å²) >= 11 is 1.63. The first kappa shape index (κ1) is 19.9. The lowest BCUT2D eigenvalue weighted by molar-refractivity contribution is -0.121. The molecule has 0 saturated heterocycles. The number of aryl methyl sites for hydroxylation is 2. The number of carbonyl (C=O) groups is 1. The Morgan fingerprint density at radius 2 is 1.89 bits per heavy atom. The second-order valence-electron chi connectivity index (χ2n) is 6.59. The monoisotopic (exact) mass is 399 g/mol. The molecule has 0 spiro atoms. The van der Waals surface area contributed by atoms with Gasteiger partial charge in [0.2, 0.25) is 5.91 Å². The maximum Gasteiger partial charge on any atom is 0.240 e. The van der Waals surface area contributed by atoms with Crippen LogP contribution in [-0.4, -0.2) is 29.7 Å². The first-order valence-electron chi connectivity index (χ1n) is 8.99. The summed E-state index contributed by atoms with van der Waals surface area (Å²) in [5.74, 6) is 1.27. The lowest BCUT2D eigenvalue weighted by Gasteiger charge is -2.12. The fraction of sp³-hybridized carbons (Fsp3) is 0.333. The zero-order chi connectivity index (χ0) is 20.3. The van der Waals surface area contributed by atoms with Crippen LogP contribution in [0.25, 0.3) is 11.3 Å². The maximum absolute atomic E-state index is 12.5. The van der Waals surface area contributed by atoms with E-state index in [1.165, 1.54) is 0 Å². The average Bonchev–Trinajstić information content (AvgIpc) is 3.24. The van der Waals surface area contributed by atoms with Gasteiger partial charge in [-0.05, 0) is 44.5 Å². The van der Waals surface area contributed by atoms with Crippen LogP contribution in [0, 0.1) is 20.8 Å². The first-order valence-corrected chi connectivity index (χ1v) is 9.87. The van der Waals surface area contributed by atoms with Gasteiger partial charge in [-0.25, -0.2) is 4.98 Å². The molecule has 0 radical (unpaired) electrons. The van der Waals surface area contributed by atoms with Gasteiger partial charge in [-0.3, -0.25) is 4.79 Å². The molecule has 1 amide bonds. The minimum Gasteiger partial charge on any atom is -0.493 e. The first-order chi connectivity index (χ1) is 13.4. The molecule has 148 valence electrons. The molecule has 28 heavy (non-hydrogen) atoms. The van der Waals surface area contributed by atoms with Gasteiger partial charge in [0.05, 0.1) is 24.9 Å². The van der Waals surface area contributed by atoms with E-state index in [1.54, 1.807) is 25.6 Å². The number of benzene rings is 1. The summed E-state index contributed by atoms with van der Waals surface area (Å²) in [5, 5.41) is 6.06. The van der Waals surface area contributed by atoms with Crippen LogP contribution in [0.15, 0.2) is 29.6 Å². The van der Waals surface area contributed by atoms with E-state index in [2.05, 4.69) is 21.7 Å². The second kappa shape index (κ2) is 8.48. The molecule has 0 aliphatic carbocycles. The minimum atomic E-state index is -0.0439. The van der Waals surface area contributed by atoms with Crippen molar-refractivity contribution in [1.29, 1.82) is 0 Å². The number of aromatic nitrogens is 2. The zero-order valence-electron chi connectivity index (χ0n) is 16.8. The minimum absolute atomic E-state index is 0.0439. The number of thiazole rings is 1. The lowest BCUT2D eigenvalue weighted by atomic mass is 10.2. The molecule has 0 aliphatic rings. The van der Waals surface area contributed by atoms with Crippen molar-refractivity contribution in [3.8, 4) is 22.8 Å². The highest BCUT2D eigenvalue weighted by Gasteiger charge is 2.15. The van der Waals surface area contributed by atoms with Crippen molar-refractivity contribution in [2.75, 3.05) is 14.2 Å². The van der Waals surface area contributed by atoms with E-state index < -0.39 is 0 Å². The van der Waals surface area contributed by atoms with Gasteiger partial charge in [0.15, 0.2) is 11.5 Å². The zero-order valence-corrected chi connectivity index (χ0v) is 17.6. The van der Waals surface area contributed by atoms with E-state index in [4.69, 9.17) is 9.47 Å². The Morgan fingerprint density at radius 3 is 2.54 bits per heavy atom. The molecule has 0 atom stereocenters. The number of nitrogens with one attached hydrogen (secondary N) is 1. The van der Waals surface area contributed by atoms with Crippen LogP contribution in [0.5, 0.6) is 11.5 Å². The van der Waals surface area contributed by atoms with E-state index in [9.17, 15) is 4.79 Å². The standard InChI is InChI=1S/C21H25N3O3S/c1-13-8-17(18-12-28-15(3)23-18)14(2)24(13)11-21(25)22-10-16-6-7-19(26-4)20(9-16)27-5/h6-9,12H,10-11H2,1-5H3,(H,22,25). The van der Waals surface area contributed by atoms with Crippen molar-refractivity contribution < 1.29 is 14.3 Å². The topological polar surface area (TPSA) is 65.4 Å². The SMILES string of the molecule is COc1ccc(CNC(=O)Cn2c(C)cc(-c3csc(C)n3)c2C)cc1OC. The normalized spacial score (nSPS) is 10.8. The van der Waals surface area contributed by atoms with Gasteiger partial charge in [-0.1, -0.05) is 6.07 Å². The van der Waals surface area contributed by atoms with Crippen LogP contribution in [0.1, 0.15) is 22.0 Å². The molecule has 2 heterocycles. The number of carbonyl (C=O) groups excluding carboxylic acids is 1. The predicted molar refractivity (Wildman–Crippen MR) is 111 cm³/mol. The molecular formula is C21H25N3O3S. The molecule has 0 unspecified atom stereocenters. The Kier molecular flexibility index (Phi) is 6.04. The molecule has 2 aromatic heterocycles. The Hall–Kier alpha value is -2.80. The van der Waals surface area contributed by atoms with Crippen LogP contribution in [0.2, 0.25) is 0 Å². The quantitative estimate of drug-likeness (QED) is 0.655. The molecule has 0 aliphatic heterocycles. The molecule has 3 aromatic rings. The third kappa shape index (κ3) is 4.20. The number of amides is 1. The van der Waals surface area contributed by atoms with Gasteiger partial charge >= 0.3 is 0 Å². The molecule has 0 fully saturated rings. The Bertz CT molecular complexity index is 991. The fourth-order valence-electron chi connectivity index (χ4n) is 3.18. The van der Waals surface area contributed by atoms with Crippen LogP contribution in [0.4, 0.5) is 0 Å². The molecule has 0 saturated carbocycles. The van der Waals surface area contributed by atoms with Gasteiger partial charge in [0.25, 0.3) is 0 Å². The number of ether oxygens (including phenoxy) is 2. The highest BCUT2D eigenvalue weighted by atomic mass is 32.1. The van der Waals surface area contributed by atoms with Crippen molar-refractivity contribution >= 4 is 17.2 Å². The van der Waals surface area contributed by atoms with Gasteiger partial charge in [-0.15, -0.1) is 11.3 Å². The van der Waals surface area contributed by atoms with Gasteiger partial charge in [0, 0.05) is 28.9 Å². The number of nitrogens with zero attached hydrogens (tertiary/aromatic N) is 2. The molecule has 0 bridgehead atoms. The molecule has 6 nitrogen and oxygen atoms in total.